The Labute approximate surface area is 466 Å². The van der Waals surface area contributed by atoms with E-state index in [1.165, 1.54) is 0 Å². The standard InChI is InChI=1S/C57H88O23/c1-12-24(3)47(71)79-44-45(80-48(72)25(4)13-2)57(23-60)27(20-52(44,5)6)26-14-15-31-54(9)18-17-32(53(7,8)30(54)16-19-55(31,10)56(26,11)42(67)43(57)68)75-51-41(78-50-37(65)35(63)33(61)28(21-58)73-50)39(38(66)40(77-51)46(69)70)76-49-36(64)34(62)29(22-59)74-49/h12-14,27-45,49-51,58-68H,15-23H2,1-11H3,(H,69,70)/b24-12-,25-13-/t27?,28?,29-,30?,31?,32?,33-,34?,35+,36-,37?,38-,39+,40?,41?,42-,43+,44-,45-,49-,50-,51+,54-,55+,56-,57-/m0/s1. The van der Waals surface area contributed by atoms with Gasteiger partial charge in [-0.15, -0.1) is 0 Å². The molecule has 3 aliphatic heterocycles. The molecule has 0 radical (unpaired) electrons. The van der Waals surface area contributed by atoms with E-state index in [0.717, 1.165) is 5.57 Å². The number of hydrogen-bond acceptors (Lipinski definition) is 22. The van der Waals surface area contributed by atoms with Gasteiger partial charge in [-0.2, -0.15) is 0 Å². The van der Waals surface area contributed by atoms with Gasteiger partial charge in [-0.25, -0.2) is 14.4 Å². The van der Waals surface area contributed by atoms with Gasteiger partial charge in [-0.05, 0) is 100 Å². The average molecular weight is 1140 g/mol. The Morgan fingerprint density at radius 3 is 1.71 bits per heavy atom. The van der Waals surface area contributed by atoms with Crippen LogP contribution in [-0.2, 0) is 52.3 Å². The number of esters is 2. The van der Waals surface area contributed by atoms with Crippen molar-refractivity contribution in [2.24, 2.45) is 50.2 Å². The van der Waals surface area contributed by atoms with Crippen molar-refractivity contribution >= 4 is 17.9 Å². The summed E-state index contributed by atoms with van der Waals surface area (Å²) in [4.78, 5) is 40.3. The van der Waals surface area contributed by atoms with Crippen LogP contribution in [0.3, 0.4) is 0 Å². The van der Waals surface area contributed by atoms with E-state index in [2.05, 4.69) is 19.9 Å². The van der Waals surface area contributed by atoms with Crippen LogP contribution in [0.5, 0.6) is 0 Å². The van der Waals surface area contributed by atoms with Crippen LogP contribution in [-0.4, -0.2) is 216 Å². The summed E-state index contributed by atoms with van der Waals surface area (Å²) in [5.74, 6) is -4.01. The molecule has 0 amide bonds. The first kappa shape index (κ1) is 63.0. The van der Waals surface area contributed by atoms with Crippen LogP contribution < -0.4 is 0 Å². The first-order chi connectivity index (χ1) is 37.3. The number of aliphatic carboxylic acids is 1. The molecule has 3 saturated heterocycles. The quantitative estimate of drug-likeness (QED) is 0.0480. The molecule has 454 valence electrons. The normalized spacial score (nSPS) is 49.0. The summed E-state index contributed by atoms with van der Waals surface area (Å²) in [6.07, 6.45) is -24.0. The first-order valence-electron chi connectivity index (χ1n) is 28.1. The molecule has 7 fully saturated rings. The number of fused-ring (bicyclic) bond motifs is 7. The van der Waals surface area contributed by atoms with Gasteiger partial charge in [0.05, 0.1) is 43.5 Å². The Kier molecular flexibility index (Phi) is 17.9. The monoisotopic (exact) mass is 1140 g/mol. The van der Waals surface area contributed by atoms with E-state index in [1.807, 2.05) is 34.6 Å². The number of carbonyl (C=O) groups is 3. The first-order valence-corrected chi connectivity index (χ1v) is 28.1. The van der Waals surface area contributed by atoms with Crippen molar-refractivity contribution in [2.75, 3.05) is 19.8 Å². The van der Waals surface area contributed by atoms with E-state index in [9.17, 15) is 75.7 Å². The van der Waals surface area contributed by atoms with Gasteiger partial charge in [0.25, 0.3) is 0 Å². The molecule has 0 bridgehead atoms. The topological polar surface area (TPSA) is 368 Å². The number of carboxylic acid groups (broad SMARTS) is 1. The molecule has 12 N–H and O–H groups in total. The molecule has 0 spiro atoms. The van der Waals surface area contributed by atoms with Gasteiger partial charge in [-0.3, -0.25) is 0 Å². The fourth-order valence-electron chi connectivity index (χ4n) is 16.2. The molecule has 9 unspecified atom stereocenters. The molecule has 80 heavy (non-hydrogen) atoms. The van der Waals surface area contributed by atoms with Crippen LogP contribution in [0.1, 0.15) is 115 Å². The highest BCUT2D eigenvalue weighted by Gasteiger charge is 2.76. The predicted molar refractivity (Wildman–Crippen MR) is 277 cm³/mol. The maximum Gasteiger partial charge on any atom is 0.335 e. The molecule has 5 aliphatic carbocycles. The summed E-state index contributed by atoms with van der Waals surface area (Å²) in [6.45, 7) is 18.4. The van der Waals surface area contributed by atoms with E-state index in [-0.39, 0.29) is 23.8 Å². The van der Waals surface area contributed by atoms with E-state index >= 15 is 0 Å². The minimum atomic E-state index is -2.13. The number of aliphatic hydroxyl groups excluding tert-OH is 11. The molecule has 26 atom stereocenters. The van der Waals surface area contributed by atoms with E-state index < -0.39 is 193 Å². The molecular formula is C57H88O23. The lowest BCUT2D eigenvalue weighted by Gasteiger charge is -2.73. The molecule has 0 aromatic rings. The van der Waals surface area contributed by atoms with Gasteiger partial charge in [0.2, 0.25) is 0 Å². The van der Waals surface area contributed by atoms with Crippen molar-refractivity contribution in [3.05, 3.63) is 34.9 Å². The van der Waals surface area contributed by atoms with Crippen molar-refractivity contribution in [1.29, 1.82) is 0 Å². The molecule has 0 aromatic heterocycles. The zero-order valence-corrected chi connectivity index (χ0v) is 47.7. The largest absolute Gasteiger partial charge is 0.479 e. The summed E-state index contributed by atoms with van der Waals surface area (Å²) in [6, 6.07) is 0. The second kappa shape index (κ2) is 22.7. The summed E-state index contributed by atoms with van der Waals surface area (Å²) in [7, 11) is 0. The SMILES string of the molecule is C/C=C(/C)C(=O)O[C@H]1[C@H](OC(=O)/C(C)=C\C)[C@@]2(CO)C(CC1(C)C)C1=CCC3[C@@]4(C)CCC(O[C@@H]5OC(C(=O)O)[C@@H](O)[C@@H](O[C@@H]6O[C@@H](CO)C(O)[C@@H]6O)C5O[C@@H]5OC(CO)[C@H](O)[C@@H](O)C5O)C(C)(C)C4CC[C@@]3(C)[C@]1(C)[C@@H](O)[C@H]2O. The number of rotatable bonds is 14. The number of carbonyl (C=O) groups excluding carboxylic acids is 2. The molecule has 4 saturated carbocycles. The maximum absolute atomic E-state index is 13.9. The summed E-state index contributed by atoms with van der Waals surface area (Å²) in [5, 5.41) is 134. The number of hydrogen-bond donors (Lipinski definition) is 12. The molecular weight excluding hydrogens is 1050 g/mol. The number of aliphatic hydroxyl groups is 11. The third-order valence-electron chi connectivity index (χ3n) is 21.4. The van der Waals surface area contributed by atoms with Crippen LogP contribution in [0, 0.1) is 50.2 Å². The van der Waals surface area contributed by atoms with Crippen molar-refractivity contribution < 1.29 is 114 Å². The van der Waals surface area contributed by atoms with Crippen LogP contribution in [0.15, 0.2) is 34.9 Å². The van der Waals surface area contributed by atoms with Gasteiger partial charge >= 0.3 is 17.9 Å². The summed E-state index contributed by atoms with van der Waals surface area (Å²) in [5.41, 5.74) is -4.40. The van der Waals surface area contributed by atoms with E-state index in [0.29, 0.717) is 37.7 Å². The Hall–Kier alpha value is -3.05. The van der Waals surface area contributed by atoms with Crippen molar-refractivity contribution in [3.8, 4) is 0 Å². The van der Waals surface area contributed by atoms with Crippen LogP contribution >= 0.6 is 0 Å². The molecule has 23 heteroatoms. The van der Waals surface area contributed by atoms with E-state index in [1.54, 1.807) is 39.8 Å². The molecule has 0 aromatic carbocycles. The molecule has 23 nitrogen and oxygen atoms in total. The molecule has 8 aliphatic rings. The van der Waals surface area contributed by atoms with Crippen molar-refractivity contribution in [3.63, 3.8) is 0 Å². The van der Waals surface area contributed by atoms with Crippen LogP contribution in [0.25, 0.3) is 0 Å². The zero-order chi connectivity index (χ0) is 59.3. The lowest BCUT2D eigenvalue weighted by molar-refractivity contribution is -0.386. The lowest BCUT2D eigenvalue weighted by Crippen LogP contribution is -2.76. The second-order valence-electron chi connectivity index (χ2n) is 26.0. The summed E-state index contributed by atoms with van der Waals surface area (Å²) >= 11 is 0. The third-order valence-corrected chi connectivity index (χ3v) is 21.4. The fraction of sp³-hybridized carbons (Fsp3) is 0.842. The average Bonchev–Trinajstić information content (AvgIpc) is 3.72. The zero-order valence-electron chi connectivity index (χ0n) is 47.7. The maximum atomic E-state index is 13.9. The number of carboxylic acids is 1. The Balaban J connectivity index is 1.14. The van der Waals surface area contributed by atoms with Gasteiger partial charge in [0.15, 0.2) is 31.1 Å². The highest BCUT2D eigenvalue weighted by Crippen LogP contribution is 2.76. The van der Waals surface area contributed by atoms with E-state index in [4.69, 9.17) is 37.9 Å². The minimum absolute atomic E-state index is 0.153. The lowest BCUT2D eigenvalue weighted by atomic mass is 9.32. The van der Waals surface area contributed by atoms with Gasteiger partial charge in [0.1, 0.15) is 67.1 Å². The Bertz CT molecular complexity index is 2390. The van der Waals surface area contributed by atoms with Crippen LogP contribution in [0.4, 0.5) is 0 Å². The Morgan fingerprint density at radius 2 is 1.18 bits per heavy atom. The van der Waals surface area contributed by atoms with Crippen LogP contribution in [0.2, 0.25) is 0 Å². The Morgan fingerprint density at radius 1 is 0.637 bits per heavy atom. The third kappa shape index (κ3) is 9.76. The fourth-order valence-corrected chi connectivity index (χ4v) is 16.2. The number of ether oxygens (including phenoxy) is 8. The van der Waals surface area contributed by atoms with Crippen molar-refractivity contribution in [1.82, 2.24) is 0 Å². The smallest absolute Gasteiger partial charge is 0.335 e. The highest BCUT2D eigenvalue weighted by atomic mass is 16.8. The highest BCUT2D eigenvalue weighted by molar-refractivity contribution is 5.89. The van der Waals surface area contributed by atoms with Crippen molar-refractivity contribution in [2.45, 2.75) is 231 Å². The molecule has 3 heterocycles. The molecule has 8 rings (SSSR count). The minimum Gasteiger partial charge on any atom is -0.479 e. The second-order valence-corrected chi connectivity index (χ2v) is 26.0. The number of allylic oxidation sites excluding steroid dienone is 3. The van der Waals surface area contributed by atoms with Gasteiger partial charge < -0.3 is 99.2 Å². The summed E-state index contributed by atoms with van der Waals surface area (Å²) < 4.78 is 49.0. The van der Waals surface area contributed by atoms with Gasteiger partial charge in [0, 0.05) is 22.0 Å². The predicted octanol–water partition coefficient (Wildman–Crippen LogP) is 0.263. The van der Waals surface area contributed by atoms with Gasteiger partial charge in [-0.1, -0.05) is 72.3 Å².